The molecular weight excluding hydrogens is 234 g/mol. The molecule has 6 heteroatoms. The van der Waals surface area contributed by atoms with E-state index in [1.165, 1.54) is 0 Å². The molecule has 1 rings (SSSR count). The summed E-state index contributed by atoms with van der Waals surface area (Å²) in [6.45, 7) is 4.24. The van der Waals surface area contributed by atoms with Crippen molar-refractivity contribution in [2.75, 3.05) is 20.3 Å². The van der Waals surface area contributed by atoms with Crippen molar-refractivity contribution in [3.8, 4) is 0 Å². The molecule has 2 atom stereocenters. The summed E-state index contributed by atoms with van der Waals surface area (Å²) in [6.07, 6.45) is 1.96. The van der Waals surface area contributed by atoms with Crippen LogP contribution >= 0.6 is 0 Å². The molecule has 0 aliphatic heterocycles. The zero-order valence-electron chi connectivity index (χ0n) is 11.3. The van der Waals surface area contributed by atoms with Crippen molar-refractivity contribution in [2.45, 2.75) is 38.3 Å². The third-order valence-electron chi connectivity index (χ3n) is 3.26. The van der Waals surface area contributed by atoms with E-state index in [9.17, 15) is 9.59 Å². The van der Waals surface area contributed by atoms with E-state index in [1.54, 1.807) is 21.0 Å². The number of hydrogen-bond donors (Lipinski definition) is 3. The van der Waals surface area contributed by atoms with Gasteiger partial charge in [0.05, 0.1) is 12.1 Å². The lowest BCUT2D eigenvalue weighted by Gasteiger charge is -2.25. The van der Waals surface area contributed by atoms with E-state index < -0.39 is 11.6 Å². The normalized spacial score (nSPS) is 19.8. The average molecular weight is 257 g/mol. The lowest BCUT2D eigenvalue weighted by atomic mass is 9.96. The molecule has 2 amide bonds. The topological polar surface area (TPSA) is 93.5 Å². The number of nitrogens with one attached hydrogen (secondary N) is 2. The average Bonchev–Trinajstić information content (AvgIpc) is 3.12. The predicted molar refractivity (Wildman–Crippen MR) is 67.8 cm³/mol. The third-order valence-corrected chi connectivity index (χ3v) is 3.26. The van der Waals surface area contributed by atoms with Gasteiger partial charge >= 0.3 is 0 Å². The summed E-state index contributed by atoms with van der Waals surface area (Å²) < 4.78 is 4.82. The second-order valence-corrected chi connectivity index (χ2v) is 5.04. The summed E-state index contributed by atoms with van der Waals surface area (Å²) in [5.41, 5.74) is 5.10. The first-order chi connectivity index (χ1) is 8.39. The Morgan fingerprint density at radius 3 is 2.61 bits per heavy atom. The van der Waals surface area contributed by atoms with Gasteiger partial charge in [-0.1, -0.05) is 0 Å². The molecule has 0 spiro atoms. The monoisotopic (exact) mass is 257 g/mol. The van der Waals surface area contributed by atoms with Gasteiger partial charge in [-0.25, -0.2) is 0 Å². The van der Waals surface area contributed by atoms with E-state index in [1.807, 2.05) is 0 Å². The molecule has 0 bridgehead atoms. The molecule has 18 heavy (non-hydrogen) atoms. The number of carbonyl (C=O) groups excluding carboxylic acids is 2. The number of ether oxygens (including phenoxy) is 1. The van der Waals surface area contributed by atoms with Crippen molar-refractivity contribution in [1.82, 2.24) is 10.6 Å². The summed E-state index contributed by atoms with van der Waals surface area (Å²) in [7, 11) is 1.56. The van der Waals surface area contributed by atoms with Crippen LogP contribution in [0, 0.1) is 5.92 Å². The summed E-state index contributed by atoms with van der Waals surface area (Å²) in [6, 6.07) is -0.587. The van der Waals surface area contributed by atoms with Crippen molar-refractivity contribution in [3.63, 3.8) is 0 Å². The fraction of sp³-hybridized carbons (Fsp3) is 0.833. The Morgan fingerprint density at radius 2 is 2.11 bits per heavy atom. The van der Waals surface area contributed by atoms with E-state index in [0.29, 0.717) is 13.2 Å². The molecule has 0 heterocycles. The first-order valence-electron chi connectivity index (χ1n) is 6.26. The maximum absolute atomic E-state index is 12.0. The van der Waals surface area contributed by atoms with Gasteiger partial charge in [0.1, 0.15) is 6.04 Å². The highest BCUT2D eigenvalue weighted by Crippen LogP contribution is 2.38. The second kappa shape index (κ2) is 6.15. The van der Waals surface area contributed by atoms with E-state index in [0.717, 1.165) is 12.8 Å². The van der Waals surface area contributed by atoms with Gasteiger partial charge in [0.15, 0.2) is 0 Å². The Bertz CT molecular complexity index is 314. The highest BCUT2D eigenvalue weighted by Gasteiger charge is 2.44. The lowest BCUT2D eigenvalue weighted by Crippen LogP contribution is -2.57. The van der Waals surface area contributed by atoms with E-state index in [2.05, 4.69) is 10.6 Å². The maximum Gasteiger partial charge on any atom is 0.242 e. The highest BCUT2D eigenvalue weighted by atomic mass is 16.5. The Balaban J connectivity index is 2.36. The van der Waals surface area contributed by atoms with Gasteiger partial charge in [0, 0.05) is 13.7 Å². The van der Waals surface area contributed by atoms with Gasteiger partial charge in [0.25, 0.3) is 0 Å². The molecule has 1 aliphatic carbocycles. The van der Waals surface area contributed by atoms with Crippen LogP contribution in [-0.2, 0) is 14.3 Å². The summed E-state index contributed by atoms with van der Waals surface area (Å²) >= 11 is 0. The van der Waals surface area contributed by atoms with Crippen LogP contribution in [0.3, 0.4) is 0 Å². The molecule has 4 N–H and O–H groups in total. The van der Waals surface area contributed by atoms with Crippen LogP contribution < -0.4 is 16.4 Å². The van der Waals surface area contributed by atoms with Crippen LogP contribution in [0.25, 0.3) is 0 Å². The molecule has 6 nitrogen and oxygen atoms in total. The smallest absolute Gasteiger partial charge is 0.242 e. The summed E-state index contributed by atoms with van der Waals surface area (Å²) in [5.74, 6) is -0.257. The Hall–Kier alpha value is -1.14. The van der Waals surface area contributed by atoms with Crippen LogP contribution in [0.15, 0.2) is 0 Å². The first-order valence-corrected chi connectivity index (χ1v) is 6.26. The fourth-order valence-electron chi connectivity index (χ4n) is 1.72. The fourth-order valence-corrected chi connectivity index (χ4v) is 1.72. The number of hydrogen-bond acceptors (Lipinski definition) is 4. The molecule has 0 saturated heterocycles. The molecule has 0 aromatic heterocycles. The van der Waals surface area contributed by atoms with Gasteiger partial charge in [-0.05, 0) is 32.6 Å². The van der Waals surface area contributed by atoms with Gasteiger partial charge in [-0.2, -0.15) is 0 Å². The standard InChI is InChI=1S/C12H23N3O3/c1-8(10(16)14-6-7-18-3)15-11(17)12(2,13)9-4-5-9/h8-9H,4-7,13H2,1-3H3,(H,14,16)(H,15,17). The molecule has 0 radical (unpaired) electrons. The number of rotatable bonds is 7. The van der Waals surface area contributed by atoms with Crippen molar-refractivity contribution < 1.29 is 14.3 Å². The number of methoxy groups -OCH3 is 1. The highest BCUT2D eigenvalue weighted by molar-refractivity contribution is 5.91. The van der Waals surface area contributed by atoms with Crippen molar-refractivity contribution in [1.29, 1.82) is 0 Å². The predicted octanol–water partition coefficient (Wildman–Crippen LogP) is -0.619. The van der Waals surface area contributed by atoms with Crippen molar-refractivity contribution in [2.24, 2.45) is 11.7 Å². The van der Waals surface area contributed by atoms with Crippen LogP contribution in [0.5, 0.6) is 0 Å². The van der Waals surface area contributed by atoms with Crippen LogP contribution in [0.1, 0.15) is 26.7 Å². The Labute approximate surface area is 108 Å². The van der Waals surface area contributed by atoms with Crippen molar-refractivity contribution >= 4 is 11.8 Å². The van der Waals surface area contributed by atoms with Crippen LogP contribution in [-0.4, -0.2) is 43.7 Å². The molecule has 1 aliphatic rings. The Kier molecular flexibility index (Phi) is 5.10. The molecule has 2 unspecified atom stereocenters. The minimum Gasteiger partial charge on any atom is -0.383 e. The lowest BCUT2D eigenvalue weighted by molar-refractivity contribution is -0.131. The van der Waals surface area contributed by atoms with Crippen molar-refractivity contribution in [3.05, 3.63) is 0 Å². The Morgan fingerprint density at radius 1 is 1.50 bits per heavy atom. The largest absolute Gasteiger partial charge is 0.383 e. The van der Waals surface area contributed by atoms with Gasteiger partial charge in [-0.15, -0.1) is 0 Å². The molecule has 0 aromatic rings. The minimum atomic E-state index is -0.874. The number of carbonyl (C=O) groups is 2. The van der Waals surface area contributed by atoms with Crippen LogP contribution in [0.2, 0.25) is 0 Å². The third kappa shape index (κ3) is 3.96. The van der Waals surface area contributed by atoms with Crippen LogP contribution in [0.4, 0.5) is 0 Å². The molecule has 1 saturated carbocycles. The summed E-state index contributed by atoms with van der Waals surface area (Å²) in [4.78, 5) is 23.6. The van der Waals surface area contributed by atoms with E-state index in [4.69, 9.17) is 10.5 Å². The van der Waals surface area contributed by atoms with Gasteiger partial charge in [0.2, 0.25) is 11.8 Å². The zero-order chi connectivity index (χ0) is 13.8. The van der Waals surface area contributed by atoms with Gasteiger partial charge in [-0.3, -0.25) is 9.59 Å². The SMILES string of the molecule is COCCNC(=O)C(C)NC(=O)C(C)(N)C1CC1. The molecule has 104 valence electrons. The minimum absolute atomic E-state index is 0.230. The number of amides is 2. The molecule has 0 aromatic carbocycles. The molecule has 1 fully saturated rings. The summed E-state index contributed by atoms with van der Waals surface area (Å²) in [5, 5.41) is 5.32. The van der Waals surface area contributed by atoms with E-state index in [-0.39, 0.29) is 17.7 Å². The first kappa shape index (κ1) is 14.9. The maximum atomic E-state index is 12.0. The molecular formula is C12H23N3O3. The second-order valence-electron chi connectivity index (χ2n) is 5.04. The number of nitrogens with two attached hydrogens (primary N) is 1. The van der Waals surface area contributed by atoms with Gasteiger partial charge < -0.3 is 21.1 Å². The van der Waals surface area contributed by atoms with E-state index >= 15 is 0 Å². The quantitative estimate of drug-likeness (QED) is 0.530. The zero-order valence-corrected chi connectivity index (χ0v) is 11.3.